The van der Waals surface area contributed by atoms with Gasteiger partial charge < -0.3 is 5.11 Å². The van der Waals surface area contributed by atoms with Crippen LogP contribution in [0.3, 0.4) is 0 Å². The number of rotatable bonds is 14. The molecule has 0 aromatic carbocycles. The van der Waals surface area contributed by atoms with E-state index in [0.29, 0.717) is 0 Å². The van der Waals surface area contributed by atoms with Crippen LogP contribution in [-0.4, -0.2) is 10.7 Å². The molecule has 1 aliphatic rings. The van der Waals surface area contributed by atoms with Crippen molar-refractivity contribution >= 4 is 0 Å². The standard InChI is InChI=1S/C40H58O/c1-32(20-13-22-34(3)23-14-24-35(4)26-16-31-40(9,10)41)18-11-12-19-33(2)21-15-25-36(5)28-29-38-37(6)27-17-30-39(38,7)8/h11-15,18-25,28-29,41H,16-17,26-27,30-31H2,1-10H3. The highest BCUT2D eigenvalue weighted by Crippen LogP contribution is 2.40. The smallest absolute Gasteiger partial charge is 0.0591 e. The minimum Gasteiger partial charge on any atom is -0.390 e. The zero-order valence-corrected chi connectivity index (χ0v) is 27.9. The van der Waals surface area contributed by atoms with Crippen LogP contribution in [0.2, 0.25) is 0 Å². The van der Waals surface area contributed by atoms with Crippen LogP contribution in [0.25, 0.3) is 0 Å². The Labute approximate surface area is 253 Å². The molecule has 1 nitrogen and oxygen atoms in total. The molecule has 0 heterocycles. The van der Waals surface area contributed by atoms with Crippen LogP contribution >= 0.6 is 0 Å². The normalized spacial score (nSPS) is 19.0. The molecule has 41 heavy (non-hydrogen) atoms. The lowest BCUT2D eigenvalue weighted by molar-refractivity contribution is 0.0689. The molecule has 0 aromatic heterocycles. The minimum atomic E-state index is -0.574. The maximum Gasteiger partial charge on any atom is 0.0591 e. The molecule has 0 aliphatic heterocycles. The highest BCUT2D eigenvalue weighted by molar-refractivity contribution is 5.37. The molecule has 0 atom stereocenters. The molecule has 224 valence electrons. The second-order valence-electron chi connectivity index (χ2n) is 13.0. The summed E-state index contributed by atoms with van der Waals surface area (Å²) in [4.78, 5) is 0. The van der Waals surface area contributed by atoms with Crippen molar-refractivity contribution in [2.24, 2.45) is 5.41 Å². The molecular weight excluding hydrogens is 496 g/mol. The summed E-state index contributed by atoms with van der Waals surface area (Å²) in [5.74, 6) is 0. The molecule has 1 rings (SSSR count). The third-order valence-electron chi connectivity index (χ3n) is 7.42. The number of hydrogen-bond donors (Lipinski definition) is 1. The SMILES string of the molecule is CC(C=CC=C(C)C=CC=C(C)CCCC(C)(C)O)=CC=CC=C(C)C=CC=C(C)C=CC1=C(C)CCCC1(C)C. The van der Waals surface area contributed by atoms with Gasteiger partial charge >= 0.3 is 0 Å². The average molecular weight is 555 g/mol. The highest BCUT2D eigenvalue weighted by Gasteiger charge is 2.26. The Kier molecular flexibility index (Phi) is 16.3. The number of allylic oxidation sites excluding steroid dienone is 22. The lowest BCUT2D eigenvalue weighted by Gasteiger charge is -2.32. The van der Waals surface area contributed by atoms with Gasteiger partial charge in [-0.1, -0.05) is 138 Å². The molecule has 0 spiro atoms. The summed E-state index contributed by atoms with van der Waals surface area (Å²) in [5.41, 5.74) is 9.00. The van der Waals surface area contributed by atoms with Crippen LogP contribution in [-0.2, 0) is 0 Å². The number of aliphatic hydroxyl groups is 1. The van der Waals surface area contributed by atoms with Gasteiger partial charge in [0.1, 0.15) is 0 Å². The van der Waals surface area contributed by atoms with Crippen LogP contribution in [0.5, 0.6) is 0 Å². The van der Waals surface area contributed by atoms with E-state index in [1.165, 1.54) is 52.7 Å². The average Bonchev–Trinajstić information content (AvgIpc) is 2.85. The molecule has 1 N–H and O–H groups in total. The fourth-order valence-corrected chi connectivity index (χ4v) is 4.81. The van der Waals surface area contributed by atoms with E-state index in [-0.39, 0.29) is 5.41 Å². The summed E-state index contributed by atoms with van der Waals surface area (Å²) in [6, 6.07) is 0. The van der Waals surface area contributed by atoms with E-state index < -0.39 is 5.60 Å². The second-order valence-corrected chi connectivity index (χ2v) is 13.0. The van der Waals surface area contributed by atoms with E-state index in [1.807, 2.05) is 13.8 Å². The van der Waals surface area contributed by atoms with Gasteiger partial charge in [-0.05, 0) is 105 Å². The van der Waals surface area contributed by atoms with Gasteiger partial charge in [-0.3, -0.25) is 0 Å². The van der Waals surface area contributed by atoms with Gasteiger partial charge in [-0.2, -0.15) is 0 Å². The Morgan fingerprint density at radius 2 is 1.20 bits per heavy atom. The zero-order chi connectivity index (χ0) is 30.9. The Morgan fingerprint density at radius 3 is 1.68 bits per heavy atom. The van der Waals surface area contributed by atoms with Crippen molar-refractivity contribution < 1.29 is 5.11 Å². The van der Waals surface area contributed by atoms with E-state index in [2.05, 4.69) is 147 Å². The quantitative estimate of drug-likeness (QED) is 0.212. The fraction of sp³-hybridized carbons (Fsp3) is 0.450. The maximum absolute atomic E-state index is 9.82. The van der Waals surface area contributed by atoms with Crippen molar-refractivity contribution in [3.63, 3.8) is 0 Å². The van der Waals surface area contributed by atoms with E-state index in [9.17, 15) is 5.11 Å². The monoisotopic (exact) mass is 554 g/mol. The third-order valence-corrected chi connectivity index (χ3v) is 7.42. The molecule has 0 aromatic rings. The van der Waals surface area contributed by atoms with Crippen LogP contribution in [0.1, 0.15) is 108 Å². The molecule has 0 saturated carbocycles. The molecule has 0 fully saturated rings. The lowest BCUT2D eigenvalue weighted by atomic mass is 9.72. The molecule has 0 bridgehead atoms. The Bertz CT molecular complexity index is 1170. The number of hydrogen-bond acceptors (Lipinski definition) is 1. The van der Waals surface area contributed by atoms with Crippen LogP contribution in [0, 0.1) is 5.41 Å². The summed E-state index contributed by atoms with van der Waals surface area (Å²) in [7, 11) is 0. The Morgan fingerprint density at radius 1 is 0.732 bits per heavy atom. The van der Waals surface area contributed by atoms with Crippen molar-refractivity contribution in [1.82, 2.24) is 0 Å². The molecule has 0 saturated heterocycles. The summed E-state index contributed by atoms with van der Waals surface area (Å²) in [6.07, 6.45) is 38.9. The first-order valence-corrected chi connectivity index (χ1v) is 15.4. The molecule has 1 heteroatoms. The summed E-state index contributed by atoms with van der Waals surface area (Å²) < 4.78 is 0. The van der Waals surface area contributed by atoms with E-state index in [1.54, 1.807) is 5.57 Å². The molecule has 0 unspecified atom stereocenters. The zero-order valence-electron chi connectivity index (χ0n) is 27.9. The second kappa shape index (κ2) is 18.5. The van der Waals surface area contributed by atoms with E-state index in [4.69, 9.17) is 0 Å². The predicted octanol–water partition coefficient (Wildman–Crippen LogP) is 12.0. The lowest BCUT2D eigenvalue weighted by Crippen LogP contribution is -2.19. The van der Waals surface area contributed by atoms with Crippen LogP contribution in [0.4, 0.5) is 0 Å². The molecule has 1 aliphatic carbocycles. The first kappa shape index (κ1) is 36.1. The van der Waals surface area contributed by atoms with Gasteiger partial charge in [-0.25, -0.2) is 0 Å². The highest BCUT2D eigenvalue weighted by atomic mass is 16.3. The van der Waals surface area contributed by atoms with Gasteiger partial charge in [0, 0.05) is 0 Å². The van der Waals surface area contributed by atoms with Crippen molar-refractivity contribution in [3.8, 4) is 0 Å². The van der Waals surface area contributed by atoms with Crippen molar-refractivity contribution in [2.45, 2.75) is 113 Å². The maximum atomic E-state index is 9.82. The van der Waals surface area contributed by atoms with Crippen molar-refractivity contribution in [2.75, 3.05) is 0 Å². The summed E-state index contributed by atoms with van der Waals surface area (Å²) in [6.45, 7) is 21.4. The molecule has 0 amide bonds. The summed E-state index contributed by atoms with van der Waals surface area (Å²) >= 11 is 0. The van der Waals surface area contributed by atoms with E-state index >= 15 is 0 Å². The van der Waals surface area contributed by atoms with Gasteiger partial charge in [-0.15, -0.1) is 0 Å². The van der Waals surface area contributed by atoms with Crippen molar-refractivity contribution in [3.05, 3.63) is 130 Å². The Hall–Kier alpha value is -2.90. The fourth-order valence-electron chi connectivity index (χ4n) is 4.81. The molecular formula is C40H58O. The first-order valence-electron chi connectivity index (χ1n) is 15.4. The first-order chi connectivity index (χ1) is 19.2. The molecule has 0 radical (unpaired) electrons. The van der Waals surface area contributed by atoms with Crippen molar-refractivity contribution in [1.29, 1.82) is 0 Å². The van der Waals surface area contributed by atoms with Gasteiger partial charge in [0.15, 0.2) is 0 Å². The summed E-state index contributed by atoms with van der Waals surface area (Å²) in [5, 5.41) is 9.82. The topological polar surface area (TPSA) is 20.2 Å². The largest absolute Gasteiger partial charge is 0.390 e. The predicted molar refractivity (Wildman–Crippen MR) is 185 cm³/mol. The van der Waals surface area contributed by atoms with Gasteiger partial charge in [0.2, 0.25) is 0 Å². The van der Waals surface area contributed by atoms with Gasteiger partial charge in [0.05, 0.1) is 5.60 Å². The minimum absolute atomic E-state index is 0.285. The van der Waals surface area contributed by atoms with Crippen LogP contribution in [0.15, 0.2) is 130 Å². The third kappa shape index (κ3) is 17.5. The Balaban J connectivity index is 2.56. The van der Waals surface area contributed by atoms with Crippen LogP contribution < -0.4 is 0 Å². The van der Waals surface area contributed by atoms with Gasteiger partial charge in [0.25, 0.3) is 0 Å². The van der Waals surface area contributed by atoms with E-state index in [0.717, 1.165) is 19.3 Å².